The fourth-order valence-electron chi connectivity index (χ4n) is 5.09. The molecule has 0 aromatic heterocycles. The Morgan fingerprint density at radius 3 is 2.31 bits per heavy atom. The van der Waals surface area contributed by atoms with Gasteiger partial charge in [-0.05, 0) is 69.5 Å². The Hall–Kier alpha value is -2.57. The Balaban J connectivity index is 2.15. The fourth-order valence-corrected chi connectivity index (χ4v) is 5.41. The number of hydrogen-bond acceptors (Lipinski definition) is 4. The molecule has 194 valence electrons. The van der Waals surface area contributed by atoms with Gasteiger partial charge in [-0.2, -0.15) is 0 Å². The average molecular weight is 534 g/mol. The van der Waals surface area contributed by atoms with Crippen LogP contribution in [0.3, 0.4) is 0 Å². The third-order valence-electron chi connectivity index (χ3n) is 6.49. The quantitative estimate of drug-likeness (QED) is 0.402. The second-order valence-electron chi connectivity index (χ2n) is 10.8. The molecule has 2 aromatic rings. The number of esters is 1. The van der Waals surface area contributed by atoms with Crippen LogP contribution < -0.4 is 0 Å². The smallest absolute Gasteiger partial charge is 0.308 e. The van der Waals surface area contributed by atoms with Crippen molar-refractivity contribution in [2.45, 2.75) is 77.5 Å². The molecule has 1 aliphatic heterocycles. The molecule has 1 heterocycles. The lowest BCUT2D eigenvalue weighted by Crippen LogP contribution is -2.56. The van der Waals surface area contributed by atoms with Gasteiger partial charge in [0.05, 0.1) is 24.3 Å². The first kappa shape index (κ1) is 28.0. The highest BCUT2D eigenvalue weighted by Gasteiger charge is 2.52. The van der Waals surface area contributed by atoms with Gasteiger partial charge in [-0.3, -0.25) is 14.4 Å². The number of carbonyl (C=O) groups excluding carboxylic acids is 2. The van der Waals surface area contributed by atoms with Crippen LogP contribution in [0.4, 0.5) is 0 Å². The van der Waals surface area contributed by atoms with E-state index in [0.717, 1.165) is 11.1 Å². The van der Waals surface area contributed by atoms with Gasteiger partial charge >= 0.3 is 11.9 Å². The summed E-state index contributed by atoms with van der Waals surface area (Å²) in [5.41, 5.74) is -0.115. The van der Waals surface area contributed by atoms with Gasteiger partial charge in [-0.1, -0.05) is 54.4 Å². The second kappa shape index (κ2) is 10.8. The molecule has 4 atom stereocenters. The molecule has 0 radical (unpaired) electrons. The predicted octanol–water partition coefficient (Wildman–Crippen LogP) is 6.65. The van der Waals surface area contributed by atoms with Gasteiger partial charge in [0, 0.05) is 22.0 Å². The van der Waals surface area contributed by atoms with Gasteiger partial charge < -0.3 is 14.7 Å². The molecule has 1 saturated heterocycles. The molecule has 0 bridgehead atoms. The summed E-state index contributed by atoms with van der Waals surface area (Å²) in [5.74, 6) is -2.06. The van der Waals surface area contributed by atoms with Crippen molar-refractivity contribution in [1.29, 1.82) is 0 Å². The number of piperidine rings is 1. The highest BCUT2D eigenvalue weighted by Crippen LogP contribution is 2.52. The van der Waals surface area contributed by atoms with E-state index in [-0.39, 0.29) is 24.7 Å². The van der Waals surface area contributed by atoms with Gasteiger partial charge in [0.2, 0.25) is 5.91 Å². The number of benzene rings is 2. The number of nitrogens with zero attached hydrogens (tertiary/aromatic N) is 1. The SMILES string of the molecule is C[C@@H](CC(=O)OC(C)(C)C)N1C(=O)C(C)(CC(=O)O)CC(c2cccc(Cl)c2)C1c1ccc(Cl)cc1. The molecule has 3 rings (SSSR count). The number of rotatable bonds is 7. The third-order valence-corrected chi connectivity index (χ3v) is 6.98. The monoisotopic (exact) mass is 533 g/mol. The Labute approximate surface area is 222 Å². The average Bonchev–Trinajstić information content (AvgIpc) is 2.74. The molecular formula is C28H33Cl2NO5. The molecule has 6 nitrogen and oxygen atoms in total. The fraction of sp³-hybridized carbons (Fsp3) is 0.464. The van der Waals surface area contributed by atoms with Crippen LogP contribution in [-0.4, -0.2) is 39.5 Å². The minimum Gasteiger partial charge on any atom is -0.481 e. The lowest BCUT2D eigenvalue weighted by molar-refractivity contribution is -0.164. The summed E-state index contributed by atoms with van der Waals surface area (Å²) >= 11 is 12.5. The summed E-state index contributed by atoms with van der Waals surface area (Å²) in [6, 6.07) is 13.6. The number of amides is 1. The molecule has 3 unspecified atom stereocenters. The molecule has 1 N–H and O–H groups in total. The zero-order valence-corrected chi connectivity index (χ0v) is 22.8. The van der Waals surface area contributed by atoms with Crippen molar-refractivity contribution < 1.29 is 24.2 Å². The maximum atomic E-state index is 14.0. The number of aliphatic carboxylic acids is 1. The van der Waals surface area contributed by atoms with Crippen LogP contribution in [0.5, 0.6) is 0 Å². The van der Waals surface area contributed by atoms with E-state index in [1.54, 1.807) is 57.7 Å². The van der Waals surface area contributed by atoms with Gasteiger partial charge in [-0.25, -0.2) is 0 Å². The molecule has 0 saturated carbocycles. The first-order valence-corrected chi connectivity index (χ1v) is 12.7. The molecular weight excluding hydrogens is 501 g/mol. The van der Waals surface area contributed by atoms with Crippen LogP contribution in [0, 0.1) is 5.41 Å². The van der Waals surface area contributed by atoms with E-state index in [9.17, 15) is 19.5 Å². The number of hydrogen-bond donors (Lipinski definition) is 1. The summed E-state index contributed by atoms with van der Waals surface area (Å²) in [6.45, 7) is 8.85. The topological polar surface area (TPSA) is 83.9 Å². The minimum atomic E-state index is -1.18. The van der Waals surface area contributed by atoms with E-state index >= 15 is 0 Å². The van der Waals surface area contributed by atoms with Gasteiger partial charge in [0.15, 0.2) is 0 Å². The number of carboxylic acids is 1. The normalized spacial score (nSPS) is 23.3. The maximum Gasteiger partial charge on any atom is 0.308 e. The third kappa shape index (κ3) is 6.60. The number of likely N-dealkylation sites (tertiary alicyclic amines) is 1. The number of ether oxygens (including phenoxy) is 1. The van der Waals surface area contributed by atoms with Crippen molar-refractivity contribution in [1.82, 2.24) is 4.90 Å². The van der Waals surface area contributed by atoms with Crippen LogP contribution in [0.1, 0.15) is 77.0 Å². The molecule has 36 heavy (non-hydrogen) atoms. The second-order valence-corrected chi connectivity index (χ2v) is 11.7. The largest absolute Gasteiger partial charge is 0.481 e. The highest BCUT2D eigenvalue weighted by molar-refractivity contribution is 6.30. The summed E-state index contributed by atoms with van der Waals surface area (Å²) in [4.78, 5) is 40.3. The summed E-state index contributed by atoms with van der Waals surface area (Å²) in [6.07, 6.45) is -0.0498. The van der Waals surface area contributed by atoms with Crippen molar-refractivity contribution in [3.8, 4) is 0 Å². The Kier molecular flexibility index (Phi) is 8.41. The van der Waals surface area contributed by atoms with Crippen molar-refractivity contribution in [3.05, 3.63) is 69.7 Å². The number of halogens is 2. The van der Waals surface area contributed by atoms with Gasteiger partial charge in [-0.15, -0.1) is 0 Å². The van der Waals surface area contributed by atoms with Crippen molar-refractivity contribution in [3.63, 3.8) is 0 Å². The lowest BCUT2D eigenvalue weighted by atomic mass is 9.67. The predicted molar refractivity (Wildman–Crippen MR) is 140 cm³/mol. The lowest BCUT2D eigenvalue weighted by Gasteiger charge is -2.51. The van der Waals surface area contributed by atoms with Crippen LogP contribution in [0.15, 0.2) is 48.5 Å². The first-order chi connectivity index (χ1) is 16.7. The van der Waals surface area contributed by atoms with E-state index in [1.165, 1.54) is 0 Å². The van der Waals surface area contributed by atoms with E-state index in [2.05, 4.69) is 0 Å². The number of carboxylic acid groups (broad SMARTS) is 1. The summed E-state index contributed by atoms with van der Waals surface area (Å²) in [5, 5.41) is 10.8. The molecule has 1 fully saturated rings. The van der Waals surface area contributed by atoms with E-state index < -0.39 is 35.0 Å². The minimum absolute atomic E-state index is 0.0292. The molecule has 0 aliphatic carbocycles. The van der Waals surface area contributed by atoms with Crippen LogP contribution in [0.25, 0.3) is 0 Å². The van der Waals surface area contributed by atoms with E-state index in [4.69, 9.17) is 27.9 Å². The van der Waals surface area contributed by atoms with Crippen molar-refractivity contribution in [2.24, 2.45) is 5.41 Å². The molecule has 0 spiro atoms. The summed E-state index contributed by atoms with van der Waals surface area (Å²) < 4.78 is 5.53. The first-order valence-electron chi connectivity index (χ1n) is 12.0. The van der Waals surface area contributed by atoms with Crippen LogP contribution in [-0.2, 0) is 19.1 Å². The van der Waals surface area contributed by atoms with Gasteiger partial charge in [0.25, 0.3) is 0 Å². The molecule has 8 heteroatoms. The zero-order chi connectivity index (χ0) is 26.8. The van der Waals surface area contributed by atoms with Crippen molar-refractivity contribution >= 4 is 41.0 Å². The zero-order valence-electron chi connectivity index (χ0n) is 21.3. The Morgan fingerprint density at radius 2 is 1.75 bits per heavy atom. The molecule has 2 aromatic carbocycles. The maximum absolute atomic E-state index is 14.0. The Morgan fingerprint density at radius 1 is 1.11 bits per heavy atom. The molecule has 1 amide bonds. The van der Waals surface area contributed by atoms with E-state index in [1.807, 2.05) is 30.3 Å². The highest BCUT2D eigenvalue weighted by atomic mass is 35.5. The van der Waals surface area contributed by atoms with Crippen LogP contribution in [0.2, 0.25) is 10.0 Å². The van der Waals surface area contributed by atoms with Gasteiger partial charge in [0.1, 0.15) is 5.60 Å². The van der Waals surface area contributed by atoms with Crippen LogP contribution >= 0.6 is 23.2 Å². The standard InChI is InChI=1S/C28H33Cl2NO5/c1-17(13-24(34)36-27(2,3)4)31-25(18-9-11-20(29)12-10-18)22(19-7-6-8-21(30)14-19)15-28(5,26(31)35)16-23(32)33/h6-12,14,17,22,25H,13,15-16H2,1-5H3,(H,32,33)/t17-,22?,25?,28?/m0/s1. The molecule has 1 aliphatic rings. The Bertz CT molecular complexity index is 1130. The number of carbonyl (C=O) groups is 3. The van der Waals surface area contributed by atoms with E-state index in [0.29, 0.717) is 16.5 Å². The summed E-state index contributed by atoms with van der Waals surface area (Å²) in [7, 11) is 0. The van der Waals surface area contributed by atoms with Crippen molar-refractivity contribution in [2.75, 3.05) is 0 Å².